The van der Waals surface area contributed by atoms with Crippen LogP contribution in [0.25, 0.3) is 0 Å². The summed E-state index contributed by atoms with van der Waals surface area (Å²) in [7, 11) is -4.08. The van der Waals surface area contributed by atoms with Crippen LogP contribution in [0.1, 0.15) is 83.6 Å². The lowest BCUT2D eigenvalue weighted by atomic mass is 9.84. The molecule has 3 rings (SSSR count). The van der Waals surface area contributed by atoms with Crippen LogP contribution in [0, 0.1) is 5.92 Å². The molecule has 3 atom stereocenters. The van der Waals surface area contributed by atoms with E-state index in [9.17, 15) is 29.2 Å². The number of amides is 3. The average molecular weight is 596 g/mol. The Balaban J connectivity index is 1.71. The number of benzene rings is 1. The standard InChI is InChI=1S/C29H46N3O8P/c1-3-39-41(38,40-4-2)27(35)23(30-26(34)24(31-28(36)37)19-21-11-7-5-8-12-21)15-16-25(33)32-29(17-18-29)20-22-13-9-6-10-14-22/h6,9-10,13-14,21,23-24,27,31,35H,3-5,7-8,11-12,15-20H2,1-2H3,(H,30,34)(H,32,33)(H,36,37)/t23-,24-,27?/m0/s1. The Morgan fingerprint density at radius 2 is 1.66 bits per heavy atom. The highest BCUT2D eigenvalue weighted by Crippen LogP contribution is 2.53. The second kappa shape index (κ2) is 15.7. The molecule has 0 bridgehead atoms. The Bertz CT molecular complexity index is 1040. The number of carbonyl (C=O) groups excluding carboxylic acids is 2. The van der Waals surface area contributed by atoms with Gasteiger partial charge in [-0.15, -0.1) is 0 Å². The summed E-state index contributed by atoms with van der Waals surface area (Å²) in [4.78, 5) is 37.9. The lowest BCUT2D eigenvalue weighted by molar-refractivity contribution is -0.126. The van der Waals surface area contributed by atoms with Crippen molar-refractivity contribution in [1.29, 1.82) is 0 Å². The van der Waals surface area contributed by atoms with Gasteiger partial charge in [0.25, 0.3) is 0 Å². The van der Waals surface area contributed by atoms with Crippen molar-refractivity contribution < 1.29 is 38.2 Å². The summed E-state index contributed by atoms with van der Waals surface area (Å²) in [6.07, 6.45) is 6.27. The van der Waals surface area contributed by atoms with Crippen LogP contribution in [-0.4, -0.2) is 64.8 Å². The van der Waals surface area contributed by atoms with E-state index in [4.69, 9.17) is 9.05 Å². The van der Waals surface area contributed by atoms with Crippen molar-refractivity contribution in [2.24, 2.45) is 5.92 Å². The SMILES string of the molecule is CCOP(=O)(OCC)C(O)[C@H](CCC(=O)NC1(Cc2ccccc2)CC1)NC(=O)[C@H](CC1CCCCC1)NC(=O)O. The van der Waals surface area contributed by atoms with Crippen LogP contribution in [0.2, 0.25) is 0 Å². The van der Waals surface area contributed by atoms with Gasteiger partial charge in [0, 0.05) is 12.0 Å². The van der Waals surface area contributed by atoms with E-state index in [2.05, 4.69) is 16.0 Å². The molecular weight excluding hydrogens is 549 g/mol. The van der Waals surface area contributed by atoms with Gasteiger partial charge < -0.3 is 35.2 Å². The molecule has 1 aromatic carbocycles. The highest BCUT2D eigenvalue weighted by atomic mass is 31.2. The summed E-state index contributed by atoms with van der Waals surface area (Å²) in [6.45, 7) is 3.22. The number of carboxylic acid groups (broad SMARTS) is 1. The summed E-state index contributed by atoms with van der Waals surface area (Å²) in [5, 5.41) is 28.7. The second-order valence-electron chi connectivity index (χ2n) is 11.2. The van der Waals surface area contributed by atoms with E-state index in [1.54, 1.807) is 13.8 Å². The maximum absolute atomic E-state index is 13.4. The predicted octanol–water partition coefficient (Wildman–Crippen LogP) is 4.33. The first-order valence-corrected chi connectivity index (χ1v) is 16.4. The third-order valence-corrected chi connectivity index (χ3v) is 10.1. The third kappa shape index (κ3) is 10.4. The molecule has 5 N–H and O–H groups in total. The lowest BCUT2D eigenvalue weighted by Crippen LogP contribution is -2.53. The van der Waals surface area contributed by atoms with Gasteiger partial charge in [0.1, 0.15) is 6.04 Å². The van der Waals surface area contributed by atoms with Crippen molar-refractivity contribution in [2.75, 3.05) is 13.2 Å². The van der Waals surface area contributed by atoms with Crippen molar-refractivity contribution in [2.45, 2.75) is 108 Å². The van der Waals surface area contributed by atoms with Crippen molar-refractivity contribution in [3.63, 3.8) is 0 Å². The smallest absolute Gasteiger partial charge is 0.405 e. The first-order valence-electron chi connectivity index (χ1n) is 14.8. The van der Waals surface area contributed by atoms with Gasteiger partial charge in [-0.2, -0.15) is 0 Å². The van der Waals surface area contributed by atoms with Gasteiger partial charge in [0.2, 0.25) is 11.8 Å². The monoisotopic (exact) mass is 595 g/mol. The molecule has 3 amide bonds. The third-order valence-electron chi connectivity index (χ3n) is 7.86. The van der Waals surface area contributed by atoms with Crippen LogP contribution in [0.5, 0.6) is 0 Å². The summed E-state index contributed by atoms with van der Waals surface area (Å²) < 4.78 is 24.1. The van der Waals surface area contributed by atoms with Gasteiger partial charge in [-0.3, -0.25) is 14.2 Å². The van der Waals surface area contributed by atoms with Crippen LogP contribution in [0.4, 0.5) is 4.79 Å². The van der Waals surface area contributed by atoms with E-state index < -0.39 is 37.5 Å². The minimum absolute atomic E-state index is 0.00235. The zero-order chi connectivity index (χ0) is 29.9. The molecule has 0 aromatic heterocycles. The first-order chi connectivity index (χ1) is 19.6. The highest BCUT2D eigenvalue weighted by molar-refractivity contribution is 7.54. The molecule has 2 fully saturated rings. The Labute approximate surface area is 242 Å². The van der Waals surface area contributed by atoms with E-state index in [1.807, 2.05) is 30.3 Å². The highest BCUT2D eigenvalue weighted by Gasteiger charge is 2.45. The molecule has 2 aliphatic carbocycles. The number of nitrogens with one attached hydrogen (secondary N) is 3. The molecule has 0 saturated heterocycles. The summed E-state index contributed by atoms with van der Waals surface area (Å²) in [5.74, 6) is -2.46. The number of rotatable bonds is 17. The van der Waals surface area contributed by atoms with Crippen LogP contribution < -0.4 is 16.0 Å². The number of hydrogen-bond donors (Lipinski definition) is 5. The molecule has 1 unspecified atom stereocenters. The Kier molecular flexibility index (Phi) is 12.6. The molecule has 0 heterocycles. The Morgan fingerprint density at radius 1 is 1.02 bits per heavy atom. The van der Waals surface area contributed by atoms with Gasteiger partial charge in [-0.05, 0) is 57.4 Å². The van der Waals surface area contributed by atoms with Crippen molar-refractivity contribution in [3.05, 3.63) is 35.9 Å². The quantitative estimate of drug-likeness (QED) is 0.166. The number of hydrogen-bond acceptors (Lipinski definition) is 7. The number of aliphatic hydroxyl groups excluding tert-OH is 1. The first kappa shape index (κ1) is 33.0. The fraction of sp³-hybridized carbons (Fsp3) is 0.690. The van der Waals surface area contributed by atoms with Crippen LogP contribution >= 0.6 is 7.60 Å². The zero-order valence-electron chi connectivity index (χ0n) is 24.2. The van der Waals surface area contributed by atoms with E-state index in [-0.39, 0.29) is 43.4 Å². The minimum atomic E-state index is -4.08. The Morgan fingerprint density at radius 3 is 2.22 bits per heavy atom. The predicted molar refractivity (Wildman–Crippen MR) is 154 cm³/mol. The summed E-state index contributed by atoms with van der Waals surface area (Å²) in [6, 6.07) is 7.65. The van der Waals surface area contributed by atoms with E-state index in [0.717, 1.165) is 50.5 Å². The van der Waals surface area contributed by atoms with Crippen molar-refractivity contribution >= 4 is 25.5 Å². The molecule has 11 nitrogen and oxygen atoms in total. The van der Waals surface area contributed by atoms with Crippen LogP contribution in [-0.2, 0) is 29.6 Å². The Hall–Kier alpha value is -2.46. The molecule has 12 heteroatoms. The van der Waals surface area contributed by atoms with Gasteiger partial charge >= 0.3 is 13.7 Å². The van der Waals surface area contributed by atoms with E-state index in [1.165, 1.54) is 0 Å². The van der Waals surface area contributed by atoms with Crippen LogP contribution in [0.15, 0.2) is 30.3 Å². The van der Waals surface area contributed by atoms with E-state index in [0.29, 0.717) is 12.8 Å². The number of aliphatic hydroxyl groups is 1. The van der Waals surface area contributed by atoms with Gasteiger partial charge in [-0.1, -0.05) is 62.4 Å². The van der Waals surface area contributed by atoms with Gasteiger partial charge in [-0.25, -0.2) is 4.79 Å². The van der Waals surface area contributed by atoms with Crippen LogP contribution in [0.3, 0.4) is 0 Å². The van der Waals surface area contributed by atoms with Gasteiger partial charge in [0.15, 0.2) is 5.85 Å². The lowest BCUT2D eigenvalue weighted by Gasteiger charge is -2.31. The van der Waals surface area contributed by atoms with E-state index >= 15 is 0 Å². The van der Waals surface area contributed by atoms with Gasteiger partial charge in [0.05, 0.1) is 19.3 Å². The molecule has 2 aliphatic rings. The molecular formula is C29H46N3O8P. The second-order valence-corrected chi connectivity index (χ2v) is 13.3. The average Bonchev–Trinajstić information content (AvgIpc) is 3.69. The minimum Gasteiger partial charge on any atom is -0.465 e. The maximum atomic E-state index is 13.4. The zero-order valence-corrected chi connectivity index (χ0v) is 25.1. The molecule has 230 valence electrons. The molecule has 2 saturated carbocycles. The topological polar surface area (TPSA) is 163 Å². The fourth-order valence-corrected chi connectivity index (χ4v) is 7.38. The van der Waals surface area contributed by atoms with Crippen molar-refractivity contribution in [1.82, 2.24) is 16.0 Å². The summed E-state index contributed by atoms with van der Waals surface area (Å²) in [5.41, 5.74) is 0.799. The molecule has 41 heavy (non-hydrogen) atoms. The molecule has 0 radical (unpaired) electrons. The molecule has 0 aliphatic heterocycles. The fourth-order valence-electron chi connectivity index (χ4n) is 5.61. The summed E-state index contributed by atoms with van der Waals surface area (Å²) >= 11 is 0. The normalized spacial score (nSPS) is 19.0. The largest absolute Gasteiger partial charge is 0.465 e. The maximum Gasteiger partial charge on any atom is 0.405 e. The van der Waals surface area contributed by atoms with Crippen molar-refractivity contribution in [3.8, 4) is 0 Å². The molecule has 0 spiro atoms. The number of carbonyl (C=O) groups is 3. The molecule has 1 aromatic rings.